The van der Waals surface area contributed by atoms with Crippen LogP contribution >= 0.6 is 11.8 Å². The molecule has 1 amide bonds. The molecule has 0 heterocycles. The van der Waals surface area contributed by atoms with Crippen LogP contribution < -0.4 is 5.32 Å². The molecular formula is C11H24N2OS. The highest BCUT2D eigenvalue weighted by atomic mass is 32.2. The molecule has 0 aliphatic heterocycles. The van der Waals surface area contributed by atoms with Crippen molar-refractivity contribution in [3.05, 3.63) is 0 Å². The van der Waals surface area contributed by atoms with Gasteiger partial charge in [-0.2, -0.15) is 11.8 Å². The van der Waals surface area contributed by atoms with Crippen LogP contribution in [0.2, 0.25) is 0 Å². The molecule has 0 saturated heterocycles. The lowest BCUT2D eigenvalue weighted by atomic mass is 10.2. The fourth-order valence-corrected chi connectivity index (χ4v) is 2.18. The van der Waals surface area contributed by atoms with E-state index in [9.17, 15) is 4.79 Å². The average molecular weight is 232 g/mol. The third-order valence-corrected chi connectivity index (χ3v) is 3.14. The van der Waals surface area contributed by atoms with E-state index in [0.717, 1.165) is 18.1 Å². The van der Waals surface area contributed by atoms with E-state index in [-0.39, 0.29) is 17.9 Å². The second-order valence-corrected chi connectivity index (χ2v) is 5.59. The van der Waals surface area contributed by atoms with Crippen LogP contribution in [0.25, 0.3) is 0 Å². The molecule has 0 fully saturated rings. The summed E-state index contributed by atoms with van der Waals surface area (Å²) in [4.78, 5) is 13.7. The van der Waals surface area contributed by atoms with Crippen molar-refractivity contribution in [2.45, 2.75) is 26.8 Å². The van der Waals surface area contributed by atoms with Crippen molar-refractivity contribution in [1.29, 1.82) is 0 Å². The van der Waals surface area contributed by atoms with Gasteiger partial charge in [0.15, 0.2) is 0 Å². The van der Waals surface area contributed by atoms with Crippen LogP contribution in [-0.4, -0.2) is 49.0 Å². The van der Waals surface area contributed by atoms with E-state index in [1.54, 1.807) is 0 Å². The number of nitrogens with one attached hydrogen (secondary N) is 1. The van der Waals surface area contributed by atoms with Crippen molar-refractivity contribution in [1.82, 2.24) is 10.2 Å². The SMILES string of the molecule is CC(C)NC(=O)C(C)CSCCN(C)C. The Morgan fingerprint density at radius 1 is 1.33 bits per heavy atom. The molecule has 4 heteroatoms. The third-order valence-electron chi connectivity index (χ3n) is 1.93. The fourth-order valence-electron chi connectivity index (χ4n) is 1.01. The molecule has 0 aromatic rings. The van der Waals surface area contributed by atoms with Crippen molar-refractivity contribution in [3.8, 4) is 0 Å². The van der Waals surface area contributed by atoms with Gasteiger partial charge in [-0.15, -0.1) is 0 Å². The number of carbonyl (C=O) groups excluding carboxylic acids is 1. The maximum absolute atomic E-state index is 11.5. The lowest BCUT2D eigenvalue weighted by Gasteiger charge is -2.15. The molecule has 90 valence electrons. The Hall–Kier alpha value is -0.220. The van der Waals surface area contributed by atoms with E-state index in [1.165, 1.54) is 0 Å². The summed E-state index contributed by atoms with van der Waals surface area (Å²) in [6, 6.07) is 0.242. The number of hydrogen-bond acceptors (Lipinski definition) is 3. The van der Waals surface area contributed by atoms with E-state index >= 15 is 0 Å². The number of amides is 1. The fraction of sp³-hybridized carbons (Fsp3) is 0.909. The lowest BCUT2D eigenvalue weighted by Crippen LogP contribution is -2.35. The van der Waals surface area contributed by atoms with Crippen molar-refractivity contribution < 1.29 is 4.79 Å². The highest BCUT2D eigenvalue weighted by Crippen LogP contribution is 2.08. The molecule has 0 rings (SSSR count). The molecule has 0 aromatic heterocycles. The summed E-state index contributed by atoms with van der Waals surface area (Å²) in [5, 5.41) is 2.93. The molecule has 1 atom stereocenters. The van der Waals surface area contributed by atoms with Gasteiger partial charge in [-0.25, -0.2) is 0 Å². The second-order valence-electron chi connectivity index (χ2n) is 4.44. The Bertz CT molecular complexity index is 183. The van der Waals surface area contributed by atoms with Gasteiger partial charge in [0.25, 0.3) is 0 Å². The molecule has 0 saturated carbocycles. The molecule has 0 aliphatic rings. The summed E-state index contributed by atoms with van der Waals surface area (Å²) in [5.41, 5.74) is 0. The normalized spacial score (nSPS) is 13.3. The van der Waals surface area contributed by atoms with Gasteiger partial charge in [-0.05, 0) is 27.9 Å². The van der Waals surface area contributed by atoms with E-state index in [2.05, 4.69) is 24.3 Å². The van der Waals surface area contributed by atoms with Crippen LogP contribution in [0.3, 0.4) is 0 Å². The zero-order chi connectivity index (χ0) is 11.8. The van der Waals surface area contributed by atoms with Gasteiger partial charge in [0.1, 0.15) is 0 Å². The minimum Gasteiger partial charge on any atom is -0.354 e. The Balaban J connectivity index is 3.55. The first kappa shape index (κ1) is 14.8. The molecule has 0 radical (unpaired) electrons. The number of nitrogens with zero attached hydrogens (tertiary/aromatic N) is 1. The first-order chi connectivity index (χ1) is 6.93. The highest BCUT2D eigenvalue weighted by molar-refractivity contribution is 7.99. The molecule has 1 N–H and O–H groups in total. The summed E-state index contributed by atoms with van der Waals surface area (Å²) < 4.78 is 0. The Morgan fingerprint density at radius 3 is 2.40 bits per heavy atom. The molecule has 3 nitrogen and oxygen atoms in total. The van der Waals surface area contributed by atoms with Crippen LogP contribution in [0.4, 0.5) is 0 Å². The molecular weight excluding hydrogens is 208 g/mol. The minimum absolute atomic E-state index is 0.111. The van der Waals surface area contributed by atoms with Gasteiger partial charge in [-0.1, -0.05) is 6.92 Å². The van der Waals surface area contributed by atoms with E-state index in [1.807, 2.05) is 32.5 Å². The van der Waals surface area contributed by atoms with Crippen LogP contribution in [0.5, 0.6) is 0 Å². The van der Waals surface area contributed by atoms with E-state index < -0.39 is 0 Å². The first-order valence-corrected chi connectivity index (χ1v) is 6.61. The van der Waals surface area contributed by atoms with Crippen LogP contribution in [-0.2, 0) is 4.79 Å². The van der Waals surface area contributed by atoms with Gasteiger partial charge in [-0.3, -0.25) is 4.79 Å². The standard InChI is InChI=1S/C11H24N2OS/c1-9(2)12-11(14)10(3)8-15-7-6-13(4)5/h9-10H,6-8H2,1-5H3,(H,12,14). The molecule has 0 aromatic carbocycles. The summed E-state index contributed by atoms with van der Waals surface area (Å²) in [6.45, 7) is 7.04. The number of rotatable bonds is 7. The third kappa shape index (κ3) is 8.75. The second kappa shape index (κ2) is 7.99. The summed E-state index contributed by atoms with van der Waals surface area (Å²) in [5.74, 6) is 2.28. The van der Waals surface area contributed by atoms with Gasteiger partial charge < -0.3 is 10.2 Å². The maximum atomic E-state index is 11.5. The zero-order valence-electron chi connectivity index (χ0n) is 10.5. The molecule has 0 bridgehead atoms. The quantitative estimate of drug-likeness (QED) is 0.674. The topological polar surface area (TPSA) is 32.3 Å². The Morgan fingerprint density at radius 2 is 1.93 bits per heavy atom. The average Bonchev–Trinajstić information content (AvgIpc) is 2.10. The lowest BCUT2D eigenvalue weighted by molar-refractivity contribution is -0.124. The largest absolute Gasteiger partial charge is 0.354 e. The molecule has 1 unspecified atom stereocenters. The Labute approximate surface area is 98.0 Å². The predicted octanol–water partition coefficient (Wildman–Crippen LogP) is 1.44. The van der Waals surface area contributed by atoms with Crippen LogP contribution in [0.1, 0.15) is 20.8 Å². The Kier molecular flexibility index (Phi) is 7.88. The number of carbonyl (C=O) groups is 1. The van der Waals surface area contributed by atoms with Crippen molar-refractivity contribution in [2.24, 2.45) is 5.92 Å². The maximum Gasteiger partial charge on any atom is 0.223 e. The highest BCUT2D eigenvalue weighted by Gasteiger charge is 2.13. The first-order valence-electron chi connectivity index (χ1n) is 5.46. The van der Waals surface area contributed by atoms with E-state index in [0.29, 0.717) is 0 Å². The molecule has 0 aliphatic carbocycles. The number of thioether (sulfide) groups is 1. The summed E-state index contributed by atoms with van der Waals surface area (Å²) in [6.07, 6.45) is 0. The van der Waals surface area contributed by atoms with Crippen molar-refractivity contribution in [2.75, 3.05) is 32.1 Å². The van der Waals surface area contributed by atoms with Gasteiger partial charge in [0.05, 0.1) is 0 Å². The van der Waals surface area contributed by atoms with Crippen LogP contribution in [0.15, 0.2) is 0 Å². The monoisotopic (exact) mass is 232 g/mol. The van der Waals surface area contributed by atoms with Crippen molar-refractivity contribution >= 4 is 17.7 Å². The molecule has 0 spiro atoms. The van der Waals surface area contributed by atoms with Crippen LogP contribution in [0, 0.1) is 5.92 Å². The summed E-state index contributed by atoms with van der Waals surface area (Å²) in [7, 11) is 4.13. The molecule has 15 heavy (non-hydrogen) atoms. The predicted molar refractivity (Wildman–Crippen MR) is 68.3 cm³/mol. The van der Waals surface area contributed by atoms with E-state index in [4.69, 9.17) is 0 Å². The zero-order valence-corrected chi connectivity index (χ0v) is 11.4. The minimum atomic E-state index is 0.111. The summed E-state index contributed by atoms with van der Waals surface area (Å²) >= 11 is 1.84. The van der Waals surface area contributed by atoms with Crippen molar-refractivity contribution in [3.63, 3.8) is 0 Å². The number of hydrogen-bond donors (Lipinski definition) is 1. The van der Waals surface area contributed by atoms with Gasteiger partial charge >= 0.3 is 0 Å². The van der Waals surface area contributed by atoms with Gasteiger partial charge in [0.2, 0.25) is 5.91 Å². The van der Waals surface area contributed by atoms with Gasteiger partial charge in [0, 0.05) is 30.0 Å². The smallest absolute Gasteiger partial charge is 0.223 e.